The van der Waals surface area contributed by atoms with E-state index in [1.54, 1.807) is 42.6 Å². The van der Waals surface area contributed by atoms with Crippen molar-refractivity contribution in [3.63, 3.8) is 0 Å². The van der Waals surface area contributed by atoms with Crippen molar-refractivity contribution in [2.75, 3.05) is 7.11 Å². The van der Waals surface area contributed by atoms with Crippen LogP contribution in [0.4, 0.5) is 0 Å². The molecule has 0 radical (unpaired) electrons. The molecule has 19 heavy (non-hydrogen) atoms. The summed E-state index contributed by atoms with van der Waals surface area (Å²) in [5.41, 5.74) is 1.98. The maximum atomic E-state index is 12.3. The Morgan fingerprint density at radius 2 is 1.89 bits per heavy atom. The summed E-state index contributed by atoms with van der Waals surface area (Å²) >= 11 is 0. The highest BCUT2D eigenvalue weighted by Crippen LogP contribution is 2.36. The Balaban J connectivity index is 2.17. The molecular formula is C15H11NO3. The van der Waals surface area contributed by atoms with Crippen LogP contribution in [-0.2, 0) is 0 Å². The SMILES string of the molecule is COc1cc(C2=C(O)c3ccccc3C2=O)ccn1. The van der Waals surface area contributed by atoms with Gasteiger partial charge >= 0.3 is 0 Å². The van der Waals surface area contributed by atoms with E-state index in [1.807, 2.05) is 0 Å². The van der Waals surface area contributed by atoms with E-state index in [1.165, 1.54) is 7.11 Å². The van der Waals surface area contributed by atoms with Crippen LogP contribution in [-0.4, -0.2) is 23.0 Å². The monoisotopic (exact) mass is 253 g/mol. The molecule has 1 aliphatic carbocycles. The van der Waals surface area contributed by atoms with Gasteiger partial charge in [-0.05, 0) is 11.6 Å². The van der Waals surface area contributed by atoms with Crippen molar-refractivity contribution in [2.45, 2.75) is 0 Å². The van der Waals surface area contributed by atoms with E-state index >= 15 is 0 Å². The Morgan fingerprint density at radius 1 is 1.16 bits per heavy atom. The molecule has 0 aliphatic heterocycles. The number of aromatic nitrogens is 1. The van der Waals surface area contributed by atoms with E-state index in [4.69, 9.17) is 4.74 Å². The van der Waals surface area contributed by atoms with E-state index in [9.17, 15) is 9.90 Å². The number of pyridine rings is 1. The highest BCUT2D eigenvalue weighted by molar-refractivity contribution is 6.38. The summed E-state index contributed by atoms with van der Waals surface area (Å²) < 4.78 is 5.04. The number of nitrogens with zero attached hydrogens (tertiary/aromatic N) is 1. The van der Waals surface area contributed by atoms with Crippen molar-refractivity contribution < 1.29 is 14.6 Å². The second kappa shape index (κ2) is 4.24. The first kappa shape index (κ1) is 11.5. The summed E-state index contributed by atoms with van der Waals surface area (Å²) in [6.07, 6.45) is 1.55. The summed E-state index contributed by atoms with van der Waals surface area (Å²) in [6, 6.07) is 10.3. The van der Waals surface area contributed by atoms with Gasteiger partial charge in [-0.3, -0.25) is 4.79 Å². The topological polar surface area (TPSA) is 59.4 Å². The molecule has 0 fully saturated rings. The third kappa shape index (κ3) is 1.69. The molecule has 2 aromatic rings. The Labute approximate surface area is 110 Å². The molecule has 1 aromatic carbocycles. The van der Waals surface area contributed by atoms with Gasteiger partial charge in [0.2, 0.25) is 5.88 Å². The number of ether oxygens (including phenoxy) is 1. The molecular weight excluding hydrogens is 242 g/mol. The molecule has 3 rings (SSSR count). The zero-order chi connectivity index (χ0) is 13.4. The number of carbonyl (C=O) groups excluding carboxylic acids is 1. The van der Waals surface area contributed by atoms with Crippen LogP contribution in [0.15, 0.2) is 42.6 Å². The summed E-state index contributed by atoms with van der Waals surface area (Å²) in [7, 11) is 1.51. The van der Waals surface area contributed by atoms with Crippen molar-refractivity contribution >= 4 is 17.1 Å². The fourth-order valence-electron chi connectivity index (χ4n) is 2.21. The van der Waals surface area contributed by atoms with Gasteiger partial charge in [-0.1, -0.05) is 24.3 Å². The molecule has 1 aliphatic rings. The number of aliphatic hydroxyl groups excluding tert-OH is 1. The molecule has 1 heterocycles. The number of carbonyl (C=O) groups is 1. The maximum absolute atomic E-state index is 12.3. The number of Topliss-reactive ketones (excluding diaryl/α,β-unsaturated/α-hetero) is 1. The molecule has 0 saturated heterocycles. The second-order valence-corrected chi connectivity index (χ2v) is 4.19. The van der Waals surface area contributed by atoms with Gasteiger partial charge in [0.05, 0.1) is 12.7 Å². The van der Waals surface area contributed by atoms with Gasteiger partial charge in [-0.25, -0.2) is 4.98 Å². The molecule has 4 nitrogen and oxygen atoms in total. The smallest absolute Gasteiger partial charge is 0.213 e. The first-order chi connectivity index (χ1) is 9.22. The van der Waals surface area contributed by atoms with Crippen LogP contribution in [0.2, 0.25) is 0 Å². The van der Waals surface area contributed by atoms with Gasteiger partial charge in [-0.2, -0.15) is 0 Å². The van der Waals surface area contributed by atoms with Gasteiger partial charge < -0.3 is 9.84 Å². The average Bonchev–Trinajstić information content (AvgIpc) is 2.72. The molecule has 1 aromatic heterocycles. The molecule has 0 saturated carbocycles. The van der Waals surface area contributed by atoms with Crippen molar-refractivity contribution in [1.29, 1.82) is 0 Å². The quantitative estimate of drug-likeness (QED) is 0.894. The van der Waals surface area contributed by atoms with E-state index in [0.29, 0.717) is 28.1 Å². The van der Waals surface area contributed by atoms with Crippen LogP contribution in [0.25, 0.3) is 11.3 Å². The minimum Gasteiger partial charge on any atom is -0.507 e. The second-order valence-electron chi connectivity index (χ2n) is 4.19. The lowest BCUT2D eigenvalue weighted by Gasteiger charge is -2.04. The van der Waals surface area contributed by atoms with Crippen LogP contribution in [0, 0.1) is 0 Å². The molecule has 0 spiro atoms. The highest BCUT2D eigenvalue weighted by atomic mass is 16.5. The molecule has 0 amide bonds. The van der Waals surface area contributed by atoms with Crippen LogP contribution < -0.4 is 4.74 Å². The minimum atomic E-state index is -0.179. The third-order valence-corrected chi connectivity index (χ3v) is 3.12. The Morgan fingerprint density at radius 3 is 2.58 bits per heavy atom. The Kier molecular flexibility index (Phi) is 2.56. The summed E-state index contributed by atoms with van der Waals surface area (Å²) in [4.78, 5) is 16.3. The lowest BCUT2D eigenvalue weighted by molar-refractivity contribution is 0.105. The Hall–Kier alpha value is -2.62. The first-order valence-electron chi connectivity index (χ1n) is 5.80. The van der Waals surface area contributed by atoms with Crippen LogP contribution in [0.3, 0.4) is 0 Å². The van der Waals surface area contributed by atoms with Crippen LogP contribution in [0.1, 0.15) is 21.5 Å². The summed E-state index contributed by atoms with van der Waals surface area (Å²) in [5, 5.41) is 10.2. The molecule has 0 bridgehead atoms. The highest BCUT2D eigenvalue weighted by Gasteiger charge is 2.30. The number of benzene rings is 1. The number of aliphatic hydroxyl groups is 1. The lowest BCUT2D eigenvalue weighted by atomic mass is 10.0. The number of fused-ring (bicyclic) bond motifs is 1. The van der Waals surface area contributed by atoms with Gasteiger partial charge in [0.15, 0.2) is 5.78 Å². The zero-order valence-electron chi connectivity index (χ0n) is 10.3. The number of rotatable bonds is 2. The first-order valence-corrected chi connectivity index (χ1v) is 5.80. The minimum absolute atomic E-state index is 0.00820. The number of ketones is 1. The van der Waals surface area contributed by atoms with Crippen molar-refractivity contribution in [2.24, 2.45) is 0 Å². The summed E-state index contributed by atoms with van der Waals surface area (Å²) in [5.74, 6) is 0.233. The predicted octanol–water partition coefficient (Wildman–Crippen LogP) is 2.71. The fraction of sp³-hybridized carbons (Fsp3) is 0.0667. The standard InChI is InChI=1S/C15H11NO3/c1-19-12-8-9(6-7-16-12)13-14(17)10-4-2-3-5-11(10)15(13)18/h2-8,17H,1H3. The number of hydrogen-bond acceptors (Lipinski definition) is 4. The van der Waals surface area contributed by atoms with Crippen LogP contribution >= 0.6 is 0 Å². The largest absolute Gasteiger partial charge is 0.507 e. The van der Waals surface area contributed by atoms with Crippen molar-refractivity contribution in [1.82, 2.24) is 4.98 Å². The Bertz CT molecular complexity index is 704. The number of methoxy groups -OCH3 is 1. The van der Waals surface area contributed by atoms with E-state index in [0.717, 1.165) is 0 Å². The zero-order valence-corrected chi connectivity index (χ0v) is 10.3. The van der Waals surface area contributed by atoms with E-state index in [-0.39, 0.29) is 11.5 Å². The average molecular weight is 253 g/mol. The number of hydrogen-bond donors (Lipinski definition) is 1. The van der Waals surface area contributed by atoms with Gasteiger partial charge in [-0.15, -0.1) is 0 Å². The molecule has 4 heteroatoms. The lowest BCUT2D eigenvalue weighted by Crippen LogP contribution is -1.99. The maximum Gasteiger partial charge on any atom is 0.213 e. The molecule has 1 N–H and O–H groups in total. The van der Waals surface area contributed by atoms with E-state index < -0.39 is 0 Å². The molecule has 94 valence electrons. The van der Waals surface area contributed by atoms with Crippen molar-refractivity contribution in [3.8, 4) is 5.88 Å². The molecule has 0 atom stereocenters. The summed E-state index contributed by atoms with van der Waals surface area (Å²) in [6.45, 7) is 0. The fourth-order valence-corrected chi connectivity index (χ4v) is 2.21. The number of allylic oxidation sites excluding steroid dienone is 1. The van der Waals surface area contributed by atoms with Crippen molar-refractivity contribution in [3.05, 3.63) is 59.3 Å². The van der Waals surface area contributed by atoms with E-state index in [2.05, 4.69) is 4.98 Å². The van der Waals surface area contributed by atoms with Crippen LogP contribution in [0.5, 0.6) is 5.88 Å². The molecule has 0 unspecified atom stereocenters. The van der Waals surface area contributed by atoms with Gasteiger partial charge in [0, 0.05) is 23.4 Å². The third-order valence-electron chi connectivity index (χ3n) is 3.12. The van der Waals surface area contributed by atoms with Gasteiger partial charge in [0.25, 0.3) is 0 Å². The van der Waals surface area contributed by atoms with Gasteiger partial charge in [0.1, 0.15) is 5.76 Å². The predicted molar refractivity (Wildman–Crippen MR) is 71.0 cm³/mol. The normalized spacial score (nSPS) is 13.6.